The molecule has 1 saturated carbocycles. The third kappa shape index (κ3) is 4.33. The van der Waals surface area contributed by atoms with Gasteiger partial charge in [0.15, 0.2) is 6.61 Å². The second-order valence-electron chi connectivity index (χ2n) is 6.33. The zero-order chi connectivity index (χ0) is 16.1. The number of hydrogen-bond donors (Lipinski definition) is 1. The van der Waals surface area contributed by atoms with Crippen molar-refractivity contribution in [1.82, 2.24) is 5.32 Å². The first-order valence-corrected chi connectivity index (χ1v) is 8.01. The number of amides is 1. The minimum Gasteiger partial charge on any atom is -0.452 e. The van der Waals surface area contributed by atoms with Gasteiger partial charge in [-0.05, 0) is 44.2 Å². The Morgan fingerprint density at radius 2 is 1.95 bits per heavy atom. The Kier molecular flexibility index (Phi) is 5.58. The number of nitrogens with one attached hydrogen (secondary N) is 1. The van der Waals surface area contributed by atoms with E-state index in [2.05, 4.69) is 12.2 Å². The van der Waals surface area contributed by atoms with E-state index in [4.69, 9.17) is 4.74 Å². The number of rotatable bonds is 4. The molecular weight excluding hydrogens is 278 g/mol. The summed E-state index contributed by atoms with van der Waals surface area (Å²) in [6, 6.07) is 5.75. The van der Waals surface area contributed by atoms with Crippen LogP contribution >= 0.6 is 0 Å². The van der Waals surface area contributed by atoms with Crippen molar-refractivity contribution in [1.29, 1.82) is 0 Å². The predicted molar refractivity (Wildman–Crippen MR) is 85.8 cm³/mol. The first-order valence-electron chi connectivity index (χ1n) is 8.01. The number of carbonyl (C=O) groups is 2. The van der Waals surface area contributed by atoms with E-state index in [9.17, 15) is 9.59 Å². The highest BCUT2D eigenvalue weighted by Crippen LogP contribution is 2.23. The summed E-state index contributed by atoms with van der Waals surface area (Å²) >= 11 is 0. The van der Waals surface area contributed by atoms with Gasteiger partial charge in [0.05, 0.1) is 5.56 Å². The van der Waals surface area contributed by atoms with Crippen molar-refractivity contribution in [2.24, 2.45) is 5.92 Å². The van der Waals surface area contributed by atoms with Gasteiger partial charge < -0.3 is 10.1 Å². The Morgan fingerprint density at radius 3 is 2.64 bits per heavy atom. The molecule has 4 nitrogen and oxygen atoms in total. The lowest BCUT2D eigenvalue weighted by molar-refractivity contribution is -0.125. The van der Waals surface area contributed by atoms with Crippen LogP contribution in [0.15, 0.2) is 18.2 Å². The lowest BCUT2D eigenvalue weighted by Crippen LogP contribution is -2.42. The topological polar surface area (TPSA) is 55.4 Å². The minimum atomic E-state index is -0.440. The van der Waals surface area contributed by atoms with Gasteiger partial charge in [0.2, 0.25) is 0 Å². The van der Waals surface area contributed by atoms with Crippen molar-refractivity contribution in [3.8, 4) is 0 Å². The maximum absolute atomic E-state index is 12.0. The molecule has 1 N–H and O–H groups in total. The monoisotopic (exact) mass is 303 g/mol. The standard InChI is InChI=1S/C18H25NO3/c1-12-8-9-15(14(3)10-12)18(21)22-11-17(20)19-16-7-5-4-6-13(16)2/h8-10,13,16H,4-7,11H2,1-3H3,(H,19,20)/t13-,16+/m0/s1. The van der Waals surface area contributed by atoms with Crippen LogP contribution in [0.4, 0.5) is 0 Å². The molecule has 0 aromatic heterocycles. The van der Waals surface area contributed by atoms with Crippen molar-refractivity contribution < 1.29 is 14.3 Å². The lowest BCUT2D eigenvalue weighted by Gasteiger charge is -2.29. The number of hydrogen-bond acceptors (Lipinski definition) is 3. The molecule has 1 fully saturated rings. The zero-order valence-electron chi connectivity index (χ0n) is 13.6. The van der Waals surface area contributed by atoms with Crippen LogP contribution in [0.2, 0.25) is 0 Å². The number of esters is 1. The molecule has 0 spiro atoms. The number of benzene rings is 1. The normalized spacial score (nSPS) is 21.2. The molecule has 22 heavy (non-hydrogen) atoms. The van der Waals surface area contributed by atoms with Crippen LogP contribution in [-0.4, -0.2) is 24.5 Å². The molecule has 2 atom stereocenters. The van der Waals surface area contributed by atoms with Gasteiger partial charge in [-0.15, -0.1) is 0 Å². The smallest absolute Gasteiger partial charge is 0.338 e. The van der Waals surface area contributed by atoms with Crippen LogP contribution in [0.1, 0.15) is 54.1 Å². The quantitative estimate of drug-likeness (QED) is 0.869. The van der Waals surface area contributed by atoms with E-state index in [0.29, 0.717) is 11.5 Å². The average molecular weight is 303 g/mol. The summed E-state index contributed by atoms with van der Waals surface area (Å²) in [4.78, 5) is 24.0. The van der Waals surface area contributed by atoms with E-state index in [0.717, 1.165) is 30.4 Å². The Labute approximate surface area is 132 Å². The second kappa shape index (κ2) is 7.43. The summed E-state index contributed by atoms with van der Waals surface area (Å²) in [6.07, 6.45) is 4.54. The molecule has 1 amide bonds. The zero-order valence-corrected chi connectivity index (χ0v) is 13.6. The molecule has 120 valence electrons. The molecule has 0 radical (unpaired) electrons. The highest BCUT2D eigenvalue weighted by molar-refractivity contribution is 5.92. The molecule has 0 aliphatic heterocycles. The van der Waals surface area contributed by atoms with Crippen molar-refractivity contribution >= 4 is 11.9 Å². The molecule has 0 heterocycles. The molecule has 0 saturated heterocycles. The minimum absolute atomic E-state index is 0.209. The molecule has 4 heteroatoms. The van der Waals surface area contributed by atoms with Crippen LogP contribution in [0.5, 0.6) is 0 Å². The van der Waals surface area contributed by atoms with Crippen LogP contribution < -0.4 is 5.32 Å². The third-order valence-electron chi connectivity index (χ3n) is 4.39. The van der Waals surface area contributed by atoms with Crippen LogP contribution in [-0.2, 0) is 9.53 Å². The van der Waals surface area contributed by atoms with E-state index in [-0.39, 0.29) is 18.6 Å². The van der Waals surface area contributed by atoms with Gasteiger partial charge in [0.25, 0.3) is 5.91 Å². The molecule has 1 aromatic rings. The summed E-state index contributed by atoms with van der Waals surface area (Å²) in [5.74, 6) is -0.158. The fraction of sp³-hybridized carbons (Fsp3) is 0.556. The summed E-state index contributed by atoms with van der Waals surface area (Å²) in [6.45, 7) is 5.79. The summed E-state index contributed by atoms with van der Waals surface area (Å²) < 4.78 is 5.14. The van der Waals surface area contributed by atoms with Crippen molar-refractivity contribution in [3.05, 3.63) is 34.9 Å². The first-order chi connectivity index (χ1) is 10.5. The highest BCUT2D eigenvalue weighted by atomic mass is 16.5. The van der Waals surface area contributed by atoms with E-state index < -0.39 is 5.97 Å². The van der Waals surface area contributed by atoms with E-state index >= 15 is 0 Å². The summed E-state index contributed by atoms with van der Waals surface area (Å²) in [5, 5.41) is 2.98. The SMILES string of the molecule is Cc1ccc(C(=O)OCC(=O)N[C@@H]2CCCC[C@@H]2C)c(C)c1. The largest absolute Gasteiger partial charge is 0.452 e. The summed E-state index contributed by atoms with van der Waals surface area (Å²) in [5.41, 5.74) is 2.48. The molecule has 1 aliphatic rings. The molecule has 1 aliphatic carbocycles. The fourth-order valence-electron chi connectivity index (χ4n) is 3.03. The van der Waals surface area contributed by atoms with Crippen molar-refractivity contribution in [2.45, 2.75) is 52.5 Å². The van der Waals surface area contributed by atoms with Gasteiger partial charge in [-0.1, -0.05) is 37.5 Å². The van der Waals surface area contributed by atoms with Gasteiger partial charge in [0.1, 0.15) is 0 Å². The van der Waals surface area contributed by atoms with Gasteiger partial charge in [-0.3, -0.25) is 4.79 Å². The van der Waals surface area contributed by atoms with Gasteiger partial charge >= 0.3 is 5.97 Å². The Morgan fingerprint density at radius 1 is 1.23 bits per heavy atom. The molecule has 0 bridgehead atoms. The number of ether oxygens (including phenoxy) is 1. The number of carbonyl (C=O) groups excluding carboxylic acids is 2. The average Bonchev–Trinajstić information content (AvgIpc) is 2.47. The number of aryl methyl sites for hydroxylation is 2. The van der Waals surface area contributed by atoms with E-state index in [1.165, 1.54) is 6.42 Å². The molecule has 2 rings (SSSR count). The molecule has 0 unspecified atom stereocenters. The maximum Gasteiger partial charge on any atom is 0.338 e. The van der Waals surface area contributed by atoms with E-state index in [1.54, 1.807) is 6.07 Å². The van der Waals surface area contributed by atoms with Crippen LogP contribution in [0.3, 0.4) is 0 Å². The van der Waals surface area contributed by atoms with Gasteiger partial charge in [-0.2, -0.15) is 0 Å². The lowest BCUT2D eigenvalue weighted by atomic mass is 9.86. The molecular formula is C18H25NO3. The van der Waals surface area contributed by atoms with Crippen LogP contribution in [0.25, 0.3) is 0 Å². The van der Waals surface area contributed by atoms with Gasteiger partial charge in [-0.25, -0.2) is 4.79 Å². The van der Waals surface area contributed by atoms with Gasteiger partial charge in [0, 0.05) is 6.04 Å². The van der Waals surface area contributed by atoms with Crippen molar-refractivity contribution in [3.63, 3.8) is 0 Å². The van der Waals surface area contributed by atoms with Crippen molar-refractivity contribution in [2.75, 3.05) is 6.61 Å². The Bertz CT molecular complexity index is 553. The Balaban J connectivity index is 1.84. The maximum atomic E-state index is 12.0. The van der Waals surface area contributed by atoms with E-state index in [1.807, 2.05) is 26.0 Å². The predicted octanol–water partition coefficient (Wildman–Crippen LogP) is 3.16. The Hall–Kier alpha value is -1.84. The first kappa shape index (κ1) is 16.5. The third-order valence-corrected chi connectivity index (χ3v) is 4.39. The second-order valence-corrected chi connectivity index (χ2v) is 6.33. The highest BCUT2D eigenvalue weighted by Gasteiger charge is 2.23. The summed E-state index contributed by atoms with van der Waals surface area (Å²) in [7, 11) is 0. The molecule has 1 aromatic carbocycles. The van der Waals surface area contributed by atoms with Crippen LogP contribution in [0, 0.1) is 19.8 Å². The fourth-order valence-corrected chi connectivity index (χ4v) is 3.03.